The third-order valence-electron chi connectivity index (χ3n) is 4.90. The SMILES string of the molecule is Cc1ccc2ncc(C(=O)NC3CC4CCC(C3)N4)c(=O)n2c1. The van der Waals surface area contributed by atoms with Crippen molar-refractivity contribution in [2.75, 3.05) is 0 Å². The molecule has 0 aliphatic carbocycles. The first kappa shape index (κ1) is 14.4. The van der Waals surface area contributed by atoms with E-state index in [1.54, 1.807) is 12.3 Å². The van der Waals surface area contributed by atoms with Gasteiger partial charge in [-0.1, -0.05) is 6.07 Å². The van der Waals surface area contributed by atoms with Gasteiger partial charge in [0.15, 0.2) is 0 Å². The number of amides is 1. The maximum atomic E-state index is 12.6. The van der Waals surface area contributed by atoms with Gasteiger partial charge < -0.3 is 10.6 Å². The van der Waals surface area contributed by atoms with Crippen LogP contribution in [0.4, 0.5) is 0 Å². The molecule has 2 fully saturated rings. The lowest BCUT2D eigenvalue weighted by Crippen LogP contribution is -2.48. The van der Waals surface area contributed by atoms with E-state index in [9.17, 15) is 9.59 Å². The molecule has 2 N–H and O–H groups in total. The summed E-state index contributed by atoms with van der Waals surface area (Å²) in [7, 11) is 0. The predicted molar refractivity (Wildman–Crippen MR) is 86.6 cm³/mol. The fourth-order valence-corrected chi connectivity index (χ4v) is 3.78. The van der Waals surface area contributed by atoms with Gasteiger partial charge in [-0.15, -0.1) is 0 Å². The number of aromatic nitrogens is 2. The summed E-state index contributed by atoms with van der Waals surface area (Å²) in [6.45, 7) is 1.91. The lowest BCUT2D eigenvalue weighted by Gasteiger charge is -2.29. The highest BCUT2D eigenvalue weighted by molar-refractivity contribution is 5.93. The second kappa shape index (κ2) is 5.45. The molecule has 2 unspecified atom stereocenters. The van der Waals surface area contributed by atoms with Crippen LogP contribution in [0.2, 0.25) is 0 Å². The van der Waals surface area contributed by atoms with Crippen LogP contribution in [-0.4, -0.2) is 33.4 Å². The first-order valence-electron chi connectivity index (χ1n) is 8.15. The lowest BCUT2D eigenvalue weighted by atomic mass is 9.99. The summed E-state index contributed by atoms with van der Waals surface area (Å²) >= 11 is 0. The molecule has 2 aromatic heterocycles. The van der Waals surface area contributed by atoms with Crippen molar-refractivity contribution >= 4 is 11.6 Å². The number of nitrogens with zero attached hydrogens (tertiary/aromatic N) is 2. The molecule has 0 saturated carbocycles. The second-order valence-electron chi connectivity index (χ2n) is 6.69. The number of hydrogen-bond acceptors (Lipinski definition) is 4. The van der Waals surface area contributed by atoms with Crippen molar-refractivity contribution < 1.29 is 4.79 Å². The maximum Gasteiger partial charge on any atom is 0.270 e. The third kappa shape index (κ3) is 2.63. The first-order chi connectivity index (χ1) is 11.1. The van der Waals surface area contributed by atoms with Crippen LogP contribution in [0.5, 0.6) is 0 Å². The van der Waals surface area contributed by atoms with Gasteiger partial charge in [0.25, 0.3) is 11.5 Å². The summed E-state index contributed by atoms with van der Waals surface area (Å²) in [5.74, 6) is -0.315. The zero-order valence-corrected chi connectivity index (χ0v) is 13.1. The normalized spacial score (nSPS) is 26.4. The van der Waals surface area contributed by atoms with Gasteiger partial charge in [0, 0.05) is 30.5 Å². The van der Waals surface area contributed by atoms with Gasteiger partial charge in [0.2, 0.25) is 0 Å². The van der Waals surface area contributed by atoms with Crippen LogP contribution in [0, 0.1) is 6.92 Å². The molecule has 23 heavy (non-hydrogen) atoms. The molecule has 1 amide bonds. The molecule has 0 radical (unpaired) electrons. The smallest absolute Gasteiger partial charge is 0.270 e. The number of hydrogen-bond donors (Lipinski definition) is 2. The highest BCUT2D eigenvalue weighted by Gasteiger charge is 2.34. The minimum atomic E-state index is -0.315. The fraction of sp³-hybridized carbons (Fsp3) is 0.471. The van der Waals surface area contributed by atoms with Crippen LogP contribution in [0.3, 0.4) is 0 Å². The van der Waals surface area contributed by atoms with E-state index in [-0.39, 0.29) is 23.1 Å². The molecule has 2 aromatic rings. The van der Waals surface area contributed by atoms with Crippen LogP contribution in [0.25, 0.3) is 5.65 Å². The Kier molecular flexibility index (Phi) is 3.41. The zero-order chi connectivity index (χ0) is 16.0. The molecule has 2 saturated heterocycles. The van der Waals surface area contributed by atoms with Crippen LogP contribution < -0.4 is 16.2 Å². The van der Waals surface area contributed by atoms with Gasteiger partial charge in [-0.05, 0) is 44.2 Å². The molecule has 4 heterocycles. The molecular formula is C17H20N4O2. The van der Waals surface area contributed by atoms with Crippen molar-refractivity contribution in [3.8, 4) is 0 Å². The summed E-state index contributed by atoms with van der Waals surface area (Å²) in [6.07, 6.45) is 7.32. The van der Waals surface area contributed by atoms with Crippen LogP contribution in [0.1, 0.15) is 41.6 Å². The van der Waals surface area contributed by atoms with E-state index in [1.165, 1.54) is 23.4 Å². The number of carbonyl (C=O) groups is 1. The number of nitrogens with one attached hydrogen (secondary N) is 2. The average Bonchev–Trinajstić information content (AvgIpc) is 2.87. The molecular weight excluding hydrogens is 292 g/mol. The molecule has 2 atom stereocenters. The minimum absolute atomic E-state index is 0.110. The second-order valence-corrected chi connectivity index (χ2v) is 6.69. The summed E-state index contributed by atoms with van der Waals surface area (Å²) in [5.41, 5.74) is 1.30. The van der Waals surface area contributed by atoms with Crippen LogP contribution >= 0.6 is 0 Å². The molecule has 0 spiro atoms. The third-order valence-corrected chi connectivity index (χ3v) is 4.90. The number of fused-ring (bicyclic) bond motifs is 3. The average molecular weight is 312 g/mol. The molecule has 120 valence electrons. The van der Waals surface area contributed by atoms with Gasteiger partial charge in [-0.2, -0.15) is 0 Å². The Morgan fingerprint density at radius 3 is 2.78 bits per heavy atom. The predicted octanol–water partition coefficient (Wildman–Crippen LogP) is 1.02. The van der Waals surface area contributed by atoms with Crippen molar-refractivity contribution in [3.63, 3.8) is 0 Å². The van der Waals surface area contributed by atoms with Gasteiger partial charge in [-0.25, -0.2) is 4.98 Å². The summed E-state index contributed by atoms with van der Waals surface area (Å²) in [6, 6.07) is 4.81. The number of carbonyl (C=O) groups excluding carboxylic acids is 1. The molecule has 2 aliphatic heterocycles. The van der Waals surface area contributed by atoms with E-state index in [2.05, 4.69) is 15.6 Å². The Morgan fingerprint density at radius 1 is 1.30 bits per heavy atom. The fourth-order valence-electron chi connectivity index (χ4n) is 3.78. The molecule has 0 aromatic carbocycles. The van der Waals surface area contributed by atoms with E-state index in [0.29, 0.717) is 17.7 Å². The number of piperidine rings is 1. The Morgan fingerprint density at radius 2 is 2.04 bits per heavy atom. The first-order valence-corrected chi connectivity index (χ1v) is 8.15. The Bertz CT molecular complexity index is 817. The van der Waals surface area contributed by atoms with E-state index < -0.39 is 0 Å². The highest BCUT2D eigenvalue weighted by Crippen LogP contribution is 2.26. The summed E-state index contributed by atoms with van der Waals surface area (Å²) in [5, 5.41) is 6.57. The van der Waals surface area contributed by atoms with Gasteiger partial charge in [-0.3, -0.25) is 14.0 Å². The minimum Gasteiger partial charge on any atom is -0.349 e. The van der Waals surface area contributed by atoms with E-state index in [4.69, 9.17) is 0 Å². The summed E-state index contributed by atoms with van der Waals surface area (Å²) < 4.78 is 1.44. The van der Waals surface area contributed by atoms with Crippen LogP contribution in [0.15, 0.2) is 29.3 Å². The van der Waals surface area contributed by atoms with Crippen molar-refractivity contribution in [2.24, 2.45) is 0 Å². The molecule has 6 heteroatoms. The lowest BCUT2D eigenvalue weighted by molar-refractivity contribution is 0.0922. The maximum absolute atomic E-state index is 12.6. The largest absolute Gasteiger partial charge is 0.349 e. The zero-order valence-electron chi connectivity index (χ0n) is 13.1. The van der Waals surface area contributed by atoms with Gasteiger partial charge in [0.05, 0.1) is 0 Å². The monoisotopic (exact) mass is 312 g/mol. The van der Waals surface area contributed by atoms with E-state index >= 15 is 0 Å². The van der Waals surface area contributed by atoms with Gasteiger partial charge in [0.1, 0.15) is 11.2 Å². The van der Waals surface area contributed by atoms with Crippen molar-refractivity contribution in [3.05, 3.63) is 46.0 Å². The molecule has 6 nitrogen and oxygen atoms in total. The quantitative estimate of drug-likeness (QED) is 0.868. The van der Waals surface area contributed by atoms with Crippen molar-refractivity contribution in [1.29, 1.82) is 0 Å². The topological polar surface area (TPSA) is 75.5 Å². The number of pyridine rings is 1. The van der Waals surface area contributed by atoms with Crippen molar-refractivity contribution in [1.82, 2.24) is 20.0 Å². The Balaban J connectivity index is 1.60. The van der Waals surface area contributed by atoms with E-state index in [0.717, 1.165) is 18.4 Å². The number of rotatable bonds is 2. The van der Waals surface area contributed by atoms with E-state index in [1.807, 2.05) is 13.0 Å². The molecule has 4 rings (SSSR count). The Hall–Kier alpha value is -2.21. The van der Waals surface area contributed by atoms with Gasteiger partial charge >= 0.3 is 0 Å². The van der Waals surface area contributed by atoms with Crippen molar-refractivity contribution in [2.45, 2.75) is 50.7 Å². The standard InChI is InChI=1S/C17H20N4O2/c1-10-2-5-15-18-8-14(17(23)21(15)9-10)16(22)20-13-6-11-3-4-12(7-13)19-11/h2,5,8-9,11-13,19H,3-4,6-7H2,1H3,(H,20,22). The highest BCUT2D eigenvalue weighted by atomic mass is 16.2. The van der Waals surface area contributed by atoms with Crippen LogP contribution in [-0.2, 0) is 0 Å². The molecule has 2 aliphatic rings. The summed E-state index contributed by atoms with van der Waals surface area (Å²) in [4.78, 5) is 29.3. The number of aryl methyl sites for hydroxylation is 1. The Labute approximate surface area is 133 Å². The molecule has 2 bridgehead atoms.